The molecular weight excluding hydrogens is 278 g/mol. The average molecular weight is 301 g/mol. The second-order valence-corrected chi connectivity index (χ2v) is 6.81. The van der Waals surface area contributed by atoms with Crippen LogP contribution in [-0.2, 0) is 17.6 Å². The van der Waals surface area contributed by atoms with Crippen LogP contribution in [0.5, 0.6) is 0 Å². The van der Waals surface area contributed by atoms with Gasteiger partial charge in [-0.05, 0) is 54.7 Å². The molecule has 3 rings (SSSR count). The number of fused-ring (bicyclic) bond motifs is 1. The van der Waals surface area contributed by atoms with E-state index >= 15 is 0 Å². The van der Waals surface area contributed by atoms with Gasteiger partial charge in [-0.25, -0.2) is 0 Å². The fourth-order valence-electron chi connectivity index (χ4n) is 3.06. The fraction of sp³-hybridized carbons (Fsp3) is 0.444. The van der Waals surface area contributed by atoms with E-state index in [1.807, 2.05) is 11.3 Å². The molecule has 1 aromatic carbocycles. The van der Waals surface area contributed by atoms with E-state index in [-0.39, 0.29) is 12.1 Å². The van der Waals surface area contributed by atoms with E-state index in [1.54, 1.807) is 0 Å². The van der Waals surface area contributed by atoms with E-state index < -0.39 is 0 Å². The molecule has 0 saturated heterocycles. The SMILES string of the molecule is NC(CCCc1cccs1)CC1OCCc2ccccc21. The summed E-state index contributed by atoms with van der Waals surface area (Å²) >= 11 is 1.84. The van der Waals surface area contributed by atoms with Crippen LogP contribution in [0.1, 0.15) is 41.4 Å². The summed E-state index contributed by atoms with van der Waals surface area (Å²) in [7, 11) is 0. The summed E-state index contributed by atoms with van der Waals surface area (Å²) in [5.74, 6) is 0. The van der Waals surface area contributed by atoms with Crippen molar-refractivity contribution >= 4 is 11.3 Å². The Morgan fingerprint density at radius 3 is 3.00 bits per heavy atom. The Labute approximate surface area is 130 Å². The normalized spacial score (nSPS) is 19.2. The highest BCUT2D eigenvalue weighted by molar-refractivity contribution is 7.09. The molecule has 0 spiro atoms. The van der Waals surface area contributed by atoms with Gasteiger partial charge >= 0.3 is 0 Å². The number of benzene rings is 1. The first-order valence-corrected chi connectivity index (χ1v) is 8.68. The lowest BCUT2D eigenvalue weighted by Gasteiger charge is -2.28. The van der Waals surface area contributed by atoms with Crippen molar-refractivity contribution < 1.29 is 4.74 Å². The highest BCUT2D eigenvalue weighted by Crippen LogP contribution is 2.30. The summed E-state index contributed by atoms with van der Waals surface area (Å²) in [4.78, 5) is 1.46. The number of ether oxygens (including phenoxy) is 1. The zero-order valence-electron chi connectivity index (χ0n) is 12.3. The molecule has 112 valence electrons. The molecule has 2 aromatic rings. The Kier molecular flexibility index (Phi) is 5.07. The average Bonchev–Trinajstić information content (AvgIpc) is 3.01. The molecule has 2 nitrogen and oxygen atoms in total. The quantitative estimate of drug-likeness (QED) is 0.871. The van der Waals surface area contributed by atoms with Gasteiger partial charge in [-0.1, -0.05) is 30.3 Å². The molecule has 2 N–H and O–H groups in total. The van der Waals surface area contributed by atoms with Crippen LogP contribution in [0, 0.1) is 0 Å². The summed E-state index contributed by atoms with van der Waals surface area (Å²) in [5, 5.41) is 2.14. The Bertz CT molecular complexity index is 552. The van der Waals surface area contributed by atoms with Gasteiger partial charge in [0, 0.05) is 10.9 Å². The minimum Gasteiger partial charge on any atom is -0.373 e. The maximum Gasteiger partial charge on any atom is 0.0842 e. The van der Waals surface area contributed by atoms with Gasteiger partial charge in [0.15, 0.2) is 0 Å². The van der Waals surface area contributed by atoms with Crippen LogP contribution in [0.4, 0.5) is 0 Å². The van der Waals surface area contributed by atoms with Gasteiger partial charge in [0.25, 0.3) is 0 Å². The molecule has 0 aliphatic carbocycles. The zero-order chi connectivity index (χ0) is 14.5. The third kappa shape index (κ3) is 3.94. The first-order chi connectivity index (χ1) is 10.3. The van der Waals surface area contributed by atoms with E-state index in [9.17, 15) is 0 Å². The Morgan fingerprint density at radius 1 is 1.24 bits per heavy atom. The van der Waals surface area contributed by atoms with Gasteiger partial charge in [0.1, 0.15) is 0 Å². The lowest BCUT2D eigenvalue weighted by Crippen LogP contribution is -2.26. The zero-order valence-corrected chi connectivity index (χ0v) is 13.1. The van der Waals surface area contributed by atoms with Crippen LogP contribution in [-0.4, -0.2) is 12.6 Å². The summed E-state index contributed by atoms with van der Waals surface area (Å²) in [6, 6.07) is 13.2. The standard InChI is InChI=1S/C18H23NOS/c19-15(6-3-7-16-8-4-12-21-16)13-18-17-9-2-1-5-14(17)10-11-20-18/h1-2,4-5,8-9,12,15,18H,3,6-7,10-11,13,19H2. The molecule has 3 heteroatoms. The maximum absolute atomic E-state index is 6.32. The molecule has 0 fully saturated rings. The van der Waals surface area contributed by atoms with Crippen LogP contribution in [0.3, 0.4) is 0 Å². The van der Waals surface area contributed by atoms with E-state index in [2.05, 4.69) is 41.8 Å². The third-order valence-electron chi connectivity index (χ3n) is 4.19. The van der Waals surface area contributed by atoms with Crippen LogP contribution < -0.4 is 5.73 Å². The van der Waals surface area contributed by atoms with Crippen LogP contribution in [0.25, 0.3) is 0 Å². The molecule has 2 heterocycles. The second kappa shape index (κ2) is 7.21. The van der Waals surface area contributed by atoms with Gasteiger partial charge < -0.3 is 10.5 Å². The number of nitrogens with two attached hydrogens (primary N) is 1. The highest BCUT2D eigenvalue weighted by Gasteiger charge is 2.22. The summed E-state index contributed by atoms with van der Waals surface area (Å²) in [5.41, 5.74) is 9.10. The van der Waals surface area contributed by atoms with Crippen molar-refractivity contribution in [3.05, 3.63) is 57.8 Å². The Morgan fingerprint density at radius 2 is 2.14 bits per heavy atom. The molecule has 1 aromatic heterocycles. The number of hydrogen-bond donors (Lipinski definition) is 1. The van der Waals surface area contributed by atoms with Crippen molar-refractivity contribution in [1.29, 1.82) is 0 Å². The molecule has 0 bridgehead atoms. The van der Waals surface area contributed by atoms with Crippen molar-refractivity contribution in [1.82, 2.24) is 0 Å². The predicted molar refractivity (Wildman–Crippen MR) is 88.7 cm³/mol. The topological polar surface area (TPSA) is 35.2 Å². The smallest absolute Gasteiger partial charge is 0.0842 e. The van der Waals surface area contributed by atoms with Gasteiger partial charge in [-0.3, -0.25) is 0 Å². The van der Waals surface area contributed by atoms with Crippen LogP contribution in [0.15, 0.2) is 41.8 Å². The molecule has 2 unspecified atom stereocenters. The van der Waals surface area contributed by atoms with Crippen LogP contribution in [0.2, 0.25) is 0 Å². The lowest BCUT2D eigenvalue weighted by atomic mass is 9.92. The van der Waals surface area contributed by atoms with E-state index in [0.717, 1.165) is 38.7 Å². The Hall–Kier alpha value is -1.16. The van der Waals surface area contributed by atoms with Crippen molar-refractivity contribution in [2.45, 2.75) is 44.2 Å². The van der Waals surface area contributed by atoms with E-state index in [4.69, 9.17) is 10.5 Å². The largest absolute Gasteiger partial charge is 0.373 e. The lowest BCUT2D eigenvalue weighted by molar-refractivity contribution is 0.0315. The third-order valence-corrected chi connectivity index (χ3v) is 5.12. The molecule has 0 amide bonds. The second-order valence-electron chi connectivity index (χ2n) is 5.78. The van der Waals surface area contributed by atoms with Crippen LogP contribution >= 0.6 is 11.3 Å². The summed E-state index contributed by atoms with van der Waals surface area (Å²) in [6.07, 6.45) is 5.53. The van der Waals surface area contributed by atoms with Gasteiger partial charge in [-0.15, -0.1) is 11.3 Å². The summed E-state index contributed by atoms with van der Waals surface area (Å²) < 4.78 is 5.95. The minimum atomic E-state index is 0.187. The van der Waals surface area contributed by atoms with Gasteiger partial charge in [-0.2, -0.15) is 0 Å². The number of thiophene rings is 1. The van der Waals surface area contributed by atoms with E-state index in [1.165, 1.54) is 16.0 Å². The molecule has 2 atom stereocenters. The van der Waals surface area contributed by atoms with Gasteiger partial charge in [0.05, 0.1) is 12.7 Å². The molecular formula is C18H23NOS. The first-order valence-electron chi connectivity index (χ1n) is 7.80. The number of hydrogen-bond acceptors (Lipinski definition) is 3. The molecule has 1 aliphatic heterocycles. The first kappa shape index (κ1) is 14.8. The Balaban J connectivity index is 1.50. The van der Waals surface area contributed by atoms with Gasteiger partial charge in [0.2, 0.25) is 0 Å². The monoisotopic (exact) mass is 301 g/mol. The summed E-state index contributed by atoms with van der Waals surface area (Å²) in [6.45, 7) is 0.823. The molecule has 21 heavy (non-hydrogen) atoms. The maximum atomic E-state index is 6.32. The highest BCUT2D eigenvalue weighted by atomic mass is 32.1. The van der Waals surface area contributed by atoms with E-state index in [0.29, 0.717) is 0 Å². The van der Waals surface area contributed by atoms with Crippen molar-refractivity contribution in [3.8, 4) is 0 Å². The molecule has 1 aliphatic rings. The molecule has 0 radical (unpaired) electrons. The predicted octanol–water partition coefficient (Wildman–Crippen LogP) is 4.10. The number of rotatable bonds is 6. The van der Waals surface area contributed by atoms with Crippen molar-refractivity contribution in [2.24, 2.45) is 5.73 Å². The number of aryl methyl sites for hydroxylation is 1. The van der Waals surface area contributed by atoms with Crippen molar-refractivity contribution in [2.75, 3.05) is 6.61 Å². The van der Waals surface area contributed by atoms with Crippen molar-refractivity contribution in [3.63, 3.8) is 0 Å². The molecule has 0 saturated carbocycles. The minimum absolute atomic E-state index is 0.187. The fourth-order valence-corrected chi connectivity index (χ4v) is 3.81.